The average molecular weight is 384 g/mol. The third-order valence-corrected chi connectivity index (χ3v) is 6.00. The van der Waals surface area contributed by atoms with Gasteiger partial charge in [0.2, 0.25) is 15.9 Å². The molecule has 0 saturated heterocycles. The van der Waals surface area contributed by atoms with Crippen molar-refractivity contribution < 1.29 is 27.9 Å². The topological polar surface area (TPSA) is 122 Å². The molecule has 0 spiro atoms. The molecule has 1 aromatic rings. The first kappa shape index (κ1) is 20.2. The molecule has 2 rings (SSSR count). The standard InChI is InChI=1S/C17H24N2O6S/c1-25-14-6-8-15(9-7-14)26(23,24)19-10-12-2-4-13(5-3-12)17(22)18-11-16(20)21/h6-9,12-13,19H,2-5,10-11H2,1H3,(H,18,22)(H,20,21). The van der Waals surface area contributed by atoms with E-state index in [1.165, 1.54) is 19.2 Å². The summed E-state index contributed by atoms with van der Waals surface area (Å²) >= 11 is 0. The Balaban J connectivity index is 1.80. The summed E-state index contributed by atoms with van der Waals surface area (Å²) < 4.78 is 32.3. The summed E-state index contributed by atoms with van der Waals surface area (Å²) in [6, 6.07) is 6.17. The van der Waals surface area contributed by atoms with Crippen LogP contribution in [-0.2, 0) is 19.6 Å². The Morgan fingerprint density at radius 2 is 1.77 bits per heavy atom. The molecule has 9 heteroatoms. The van der Waals surface area contributed by atoms with Gasteiger partial charge in [-0.2, -0.15) is 0 Å². The minimum Gasteiger partial charge on any atom is -0.497 e. The molecule has 1 aliphatic rings. The molecule has 0 aliphatic heterocycles. The van der Waals surface area contributed by atoms with Crippen LogP contribution >= 0.6 is 0 Å². The van der Waals surface area contributed by atoms with Crippen molar-refractivity contribution in [2.75, 3.05) is 20.2 Å². The van der Waals surface area contributed by atoms with Crippen molar-refractivity contribution in [1.82, 2.24) is 10.0 Å². The first-order valence-corrected chi connectivity index (χ1v) is 9.93. The number of carbonyl (C=O) groups is 2. The largest absolute Gasteiger partial charge is 0.497 e. The number of carboxylic acid groups (broad SMARTS) is 1. The SMILES string of the molecule is COc1ccc(S(=O)(=O)NCC2CCC(C(=O)NCC(=O)O)CC2)cc1. The summed E-state index contributed by atoms with van der Waals surface area (Å²) in [4.78, 5) is 22.5. The maximum absolute atomic E-state index is 12.3. The fourth-order valence-electron chi connectivity index (χ4n) is 3.00. The van der Waals surface area contributed by atoms with Crippen LogP contribution in [0.2, 0.25) is 0 Å². The van der Waals surface area contributed by atoms with E-state index in [4.69, 9.17) is 9.84 Å². The van der Waals surface area contributed by atoms with Crippen LogP contribution in [0.25, 0.3) is 0 Å². The summed E-state index contributed by atoms with van der Waals surface area (Å²) in [7, 11) is -2.07. The lowest BCUT2D eigenvalue weighted by atomic mass is 9.81. The average Bonchev–Trinajstić information content (AvgIpc) is 2.65. The van der Waals surface area contributed by atoms with E-state index >= 15 is 0 Å². The highest BCUT2D eigenvalue weighted by Gasteiger charge is 2.27. The second kappa shape index (κ2) is 9.00. The minimum atomic E-state index is -3.58. The number of carboxylic acids is 1. The zero-order valence-electron chi connectivity index (χ0n) is 14.6. The Bertz CT molecular complexity index is 724. The molecule has 1 aliphatic carbocycles. The first-order chi connectivity index (χ1) is 12.3. The Morgan fingerprint density at radius 3 is 2.31 bits per heavy atom. The van der Waals surface area contributed by atoms with Crippen molar-refractivity contribution in [3.8, 4) is 5.75 Å². The van der Waals surface area contributed by atoms with Crippen LogP contribution < -0.4 is 14.8 Å². The fraction of sp³-hybridized carbons (Fsp3) is 0.529. The predicted octanol–water partition coefficient (Wildman–Crippen LogP) is 0.981. The van der Waals surface area contributed by atoms with E-state index in [1.54, 1.807) is 12.1 Å². The number of carbonyl (C=O) groups excluding carboxylic acids is 1. The third-order valence-electron chi connectivity index (χ3n) is 4.56. The Morgan fingerprint density at radius 1 is 1.15 bits per heavy atom. The quantitative estimate of drug-likeness (QED) is 0.614. The van der Waals surface area contributed by atoms with Gasteiger partial charge in [0.15, 0.2) is 0 Å². The summed E-state index contributed by atoms with van der Waals surface area (Å²) in [5.41, 5.74) is 0. The van der Waals surface area contributed by atoms with Gasteiger partial charge in [-0.1, -0.05) is 0 Å². The normalized spacial score (nSPS) is 20.3. The molecule has 0 heterocycles. The lowest BCUT2D eigenvalue weighted by molar-refractivity contribution is -0.138. The van der Waals surface area contributed by atoms with Gasteiger partial charge in [-0.25, -0.2) is 13.1 Å². The number of methoxy groups -OCH3 is 1. The van der Waals surface area contributed by atoms with Crippen molar-refractivity contribution in [1.29, 1.82) is 0 Å². The molecule has 1 fully saturated rings. The molecule has 8 nitrogen and oxygen atoms in total. The third kappa shape index (κ3) is 5.70. The molecular weight excluding hydrogens is 360 g/mol. The van der Waals surface area contributed by atoms with Crippen LogP contribution in [0.5, 0.6) is 5.75 Å². The molecule has 1 aromatic carbocycles. The van der Waals surface area contributed by atoms with Crippen LogP contribution in [0.4, 0.5) is 0 Å². The number of rotatable bonds is 8. The molecule has 0 aromatic heterocycles. The Hall–Kier alpha value is -2.13. The van der Waals surface area contributed by atoms with E-state index in [9.17, 15) is 18.0 Å². The Labute approximate surface area is 153 Å². The molecule has 3 N–H and O–H groups in total. The van der Waals surface area contributed by atoms with Gasteiger partial charge in [0.1, 0.15) is 12.3 Å². The van der Waals surface area contributed by atoms with Gasteiger partial charge in [0, 0.05) is 12.5 Å². The van der Waals surface area contributed by atoms with Gasteiger partial charge >= 0.3 is 5.97 Å². The van der Waals surface area contributed by atoms with E-state index in [0.29, 0.717) is 25.1 Å². The van der Waals surface area contributed by atoms with Crippen LogP contribution in [0.3, 0.4) is 0 Å². The molecule has 26 heavy (non-hydrogen) atoms. The molecule has 1 saturated carbocycles. The monoisotopic (exact) mass is 384 g/mol. The number of hydrogen-bond donors (Lipinski definition) is 3. The van der Waals surface area contributed by atoms with Crippen molar-refractivity contribution in [3.05, 3.63) is 24.3 Å². The number of aliphatic carboxylic acids is 1. The summed E-state index contributed by atoms with van der Waals surface area (Å²) in [6.45, 7) is -0.0573. The number of ether oxygens (including phenoxy) is 1. The first-order valence-electron chi connectivity index (χ1n) is 8.45. The van der Waals surface area contributed by atoms with E-state index in [-0.39, 0.29) is 29.2 Å². The maximum Gasteiger partial charge on any atom is 0.322 e. The number of amides is 1. The number of nitrogens with one attached hydrogen (secondary N) is 2. The van der Waals surface area contributed by atoms with E-state index in [2.05, 4.69) is 10.0 Å². The van der Waals surface area contributed by atoms with E-state index < -0.39 is 16.0 Å². The van der Waals surface area contributed by atoms with Crippen LogP contribution in [0.1, 0.15) is 25.7 Å². The lowest BCUT2D eigenvalue weighted by Crippen LogP contribution is -2.38. The highest BCUT2D eigenvalue weighted by atomic mass is 32.2. The number of hydrogen-bond acceptors (Lipinski definition) is 5. The molecule has 144 valence electrons. The summed E-state index contributed by atoms with van der Waals surface area (Å²) in [5.74, 6) is -0.775. The molecule has 0 unspecified atom stereocenters. The molecular formula is C17H24N2O6S. The van der Waals surface area contributed by atoms with Gasteiger partial charge in [0.25, 0.3) is 0 Å². The van der Waals surface area contributed by atoms with Gasteiger partial charge in [0.05, 0.1) is 12.0 Å². The highest BCUT2D eigenvalue weighted by Crippen LogP contribution is 2.29. The van der Waals surface area contributed by atoms with Gasteiger partial charge < -0.3 is 15.2 Å². The van der Waals surface area contributed by atoms with Crippen LogP contribution in [0, 0.1) is 11.8 Å². The minimum absolute atomic E-state index is 0.159. The van der Waals surface area contributed by atoms with E-state index in [0.717, 1.165) is 12.8 Å². The summed E-state index contributed by atoms with van der Waals surface area (Å²) in [6.07, 6.45) is 2.69. The molecule has 0 bridgehead atoms. The van der Waals surface area contributed by atoms with Crippen molar-refractivity contribution in [2.45, 2.75) is 30.6 Å². The van der Waals surface area contributed by atoms with Gasteiger partial charge in [-0.3, -0.25) is 9.59 Å². The smallest absolute Gasteiger partial charge is 0.322 e. The lowest BCUT2D eigenvalue weighted by Gasteiger charge is -2.27. The predicted molar refractivity (Wildman–Crippen MR) is 94.3 cm³/mol. The number of benzene rings is 1. The van der Waals surface area contributed by atoms with Gasteiger partial charge in [-0.05, 0) is 55.9 Å². The van der Waals surface area contributed by atoms with E-state index in [1.807, 2.05) is 0 Å². The van der Waals surface area contributed by atoms with Crippen molar-refractivity contribution in [3.63, 3.8) is 0 Å². The molecule has 1 amide bonds. The second-order valence-electron chi connectivity index (χ2n) is 6.36. The van der Waals surface area contributed by atoms with Gasteiger partial charge in [-0.15, -0.1) is 0 Å². The Kier molecular flexibility index (Phi) is 6.98. The van der Waals surface area contributed by atoms with Crippen molar-refractivity contribution >= 4 is 21.9 Å². The zero-order valence-corrected chi connectivity index (χ0v) is 15.4. The summed E-state index contributed by atoms with van der Waals surface area (Å²) in [5, 5.41) is 11.0. The van der Waals surface area contributed by atoms with Crippen LogP contribution in [-0.4, -0.2) is 45.6 Å². The molecule has 0 atom stereocenters. The molecule has 0 radical (unpaired) electrons. The van der Waals surface area contributed by atoms with Crippen LogP contribution in [0.15, 0.2) is 29.2 Å². The van der Waals surface area contributed by atoms with Crippen molar-refractivity contribution in [2.24, 2.45) is 11.8 Å². The fourth-order valence-corrected chi connectivity index (χ4v) is 4.12. The zero-order chi connectivity index (χ0) is 19.2. The highest BCUT2D eigenvalue weighted by molar-refractivity contribution is 7.89. The maximum atomic E-state index is 12.3. The second-order valence-corrected chi connectivity index (χ2v) is 8.12. The number of sulfonamides is 1.